The van der Waals surface area contributed by atoms with Crippen LogP contribution >= 0.6 is 11.8 Å². The van der Waals surface area contributed by atoms with Crippen molar-refractivity contribution in [3.8, 4) is 17.2 Å². The van der Waals surface area contributed by atoms with E-state index in [1.807, 2.05) is 0 Å². The van der Waals surface area contributed by atoms with Crippen LogP contribution in [0, 0.1) is 22.9 Å². The molecule has 1 atom stereocenters. The Bertz CT molecular complexity index is 1010. The monoisotopic (exact) mass is 418 g/mol. The van der Waals surface area contributed by atoms with Gasteiger partial charge in [0.05, 0.1) is 14.2 Å². The third-order valence-electron chi connectivity index (χ3n) is 4.22. The SMILES string of the molecule is COc1ccc([C@H](C[N+](=O)[O-])Sc2nnc(C)n2-c2ccc(F)cc2)cc1OC. The number of halogens is 1. The molecule has 0 unspecified atom stereocenters. The zero-order valence-corrected chi connectivity index (χ0v) is 16.9. The number of rotatable bonds is 8. The van der Waals surface area contributed by atoms with Crippen molar-refractivity contribution in [3.05, 3.63) is 69.8 Å². The van der Waals surface area contributed by atoms with E-state index in [-0.39, 0.29) is 17.3 Å². The summed E-state index contributed by atoms with van der Waals surface area (Å²) in [6.45, 7) is 1.44. The van der Waals surface area contributed by atoms with Gasteiger partial charge in [-0.2, -0.15) is 0 Å². The summed E-state index contributed by atoms with van der Waals surface area (Å²) in [6.07, 6.45) is 0. The van der Waals surface area contributed by atoms with Crippen LogP contribution in [0.15, 0.2) is 47.6 Å². The summed E-state index contributed by atoms with van der Waals surface area (Å²) >= 11 is 1.21. The van der Waals surface area contributed by atoms with Crippen molar-refractivity contribution in [2.45, 2.75) is 17.3 Å². The van der Waals surface area contributed by atoms with Crippen LogP contribution in [0.25, 0.3) is 5.69 Å². The van der Waals surface area contributed by atoms with E-state index in [9.17, 15) is 14.5 Å². The first-order valence-electron chi connectivity index (χ1n) is 8.61. The predicted octanol–water partition coefficient (Wildman–Crippen LogP) is 3.84. The van der Waals surface area contributed by atoms with Gasteiger partial charge in [-0.3, -0.25) is 14.7 Å². The van der Waals surface area contributed by atoms with E-state index < -0.39 is 5.25 Å². The standard InChI is InChI=1S/C19H19FN4O4S/c1-12-21-22-19(24(12)15-7-5-14(20)6-8-15)29-18(11-23(25)26)13-4-9-16(27-2)17(10-13)28-3/h4-10,18H,11H2,1-3H3/t18-/m0/s1. The lowest BCUT2D eigenvalue weighted by Crippen LogP contribution is -2.11. The van der Waals surface area contributed by atoms with Crippen molar-refractivity contribution < 1.29 is 18.8 Å². The minimum absolute atomic E-state index is 0.324. The molecule has 0 saturated heterocycles. The van der Waals surface area contributed by atoms with Gasteiger partial charge in [-0.15, -0.1) is 10.2 Å². The average Bonchev–Trinajstić information content (AvgIpc) is 3.07. The Morgan fingerprint density at radius 1 is 1.14 bits per heavy atom. The first-order chi connectivity index (χ1) is 13.9. The number of nitrogens with zero attached hydrogens (tertiary/aromatic N) is 4. The summed E-state index contributed by atoms with van der Waals surface area (Å²) in [7, 11) is 3.03. The quantitative estimate of drug-likeness (QED) is 0.312. The second kappa shape index (κ2) is 8.91. The molecule has 3 rings (SSSR count). The molecule has 0 bridgehead atoms. The third kappa shape index (κ3) is 4.65. The molecule has 29 heavy (non-hydrogen) atoms. The molecule has 0 aliphatic carbocycles. The van der Waals surface area contributed by atoms with Crippen LogP contribution in [-0.4, -0.2) is 40.5 Å². The lowest BCUT2D eigenvalue weighted by atomic mass is 10.1. The average molecular weight is 418 g/mol. The van der Waals surface area contributed by atoms with Gasteiger partial charge in [-0.05, 0) is 48.9 Å². The summed E-state index contributed by atoms with van der Waals surface area (Å²) < 4.78 is 25.6. The zero-order valence-electron chi connectivity index (χ0n) is 16.0. The molecule has 0 aliphatic rings. The predicted molar refractivity (Wildman–Crippen MR) is 106 cm³/mol. The van der Waals surface area contributed by atoms with E-state index in [2.05, 4.69) is 10.2 Å². The highest BCUT2D eigenvalue weighted by atomic mass is 32.2. The van der Waals surface area contributed by atoms with Gasteiger partial charge in [0.25, 0.3) is 0 Å². The highest BCUT2D eigenvalue weighted by Gasteiger charge is 2.25. The first-order valence-corrected chi connectivity index (χ1v) is 9.49. The van der Waals surface area contributed by atoms with Crippen molar-refractivity contribution in [1.29, 1.82) is 0 Å². The van der Waals surface area contributed by atoms with Crippen molar-refractivity contribution in [1.82, 2.24) is 14.8 Å². The Labute approximate surface area is 170 Å². The van der Waals surface area contributed by atoms with Gasteiger partial charge in [0.1, 0.15) is 16.9 Å². The van der Waals surface area contributed by atoms with Crippen LogP contribution in [-0.2, 0) is 0 Å². The fourth-order valence-corrected chi connectivity index (χ4v) is 4.00. The molecule has 2 aromatic carbocycles. The summed E-state index contributed by atoms with van der Waals surface area (Å²) in [5.41, 5.74) is 1.36. The smallest absolute Gasteiger partial charge is 0.220 e. The second-order valence-electron chi connectivity index (χ2n) is 6.08. The molecule has 10 heteroatoms. The molecule has 3 aromatic rings. The first kappa shape index (κ1) is 20.6. The van der Waals surface area contributed by atoms with E-state index in [4.69, 9.17) is 9.47 Å². The molecule has 8 nitrogen and oxygen atoms in total. The van der Waals surface area contributed by atoms with E-state index in [0.29, 0.717) is 33.7 Å². The van der Waals surface area contributed by atoms with Gasteiger partial charge in [-0.1, -0.05) is 17.8 Å². The van der Waals surface area contributed by atoms with Crippen molar-refractivity contribution in [2.24, 2.45) is 0 Å². The molecule has 0 radical (unpaired) electrons. The minimum atomic E-state index is -0.549. The van der Waals surface area contributed by atoms with Crippen LogP contribution in [0.4, 0.5) is 4.39 Å². The summed E-state index contributed by atoms with van der Waals surface area (Å²) in [5, 5.41) is 19.5. The molecule has 152 valence electrons. The van der Waals surface area contributed by atoms with E-state index in [1.165, 1.54) is 38.1 Å². The number of methoxy groups -OCH3 is 2. The minimum Gasteiger partial charge on any atom is -0.493 e. The van der Waals surface area contributed by atoms with Crippen molar-refractivity contribution in [2.75, 3.05) is 20.8 Å². The van der Waals surface area contributed by atoms with Gasteiger partial charge in [-0.25, -0.2) is 4.39 Å². The number of aromatic nitrogens is 3. The van der Waals surface area contributed by atoms with Gasteiger partial charge in [0, 0.05) is 10.6 Å². The Hall–Kier alpha value is -3.14. The molecular weight excluding hydrogens is 399 g/mol. The van der Waals surface area contributed by atoms with Crippen LogP contribution in [0.3, 0.4) is 0 Å². The van der Waals surface area contributed by atoms with Gasteiger partial charge >= 0.3 is 0 Å². The number of nitro groups is 1. The maximum Gasteiger partial charge on any atom is 0.220 e. The molecule has 0 fully saturated rings. The highest BCUT2D eigenvalue weighted by Crippen LogP contribution is 2.39. The zero-order chi connectivity index (χ0) is 21.0. The molecular formula is C19H19FN4O4S. The number of ether oxygens (including phenoxy) is 2. The lowest BCUT2D eigenvalue weighted by molar-refractivity contribution is -0.479. The van der Waals surface area contributed by atoms with Gasteiger partial charge in [0.2, 0.25) is 6.54 Å². The summed E-state index contributed by atoms with van der Waals surface area (Å²) in [6, 6.07) is 11.1. The van der Waals surface area contributed by atoms with E-state index in [0.717, 1.165) is 0 Å². The number of hydrogen-bond acceptors (Lipinski definition) is 7. The van der Waals surface area contributed by atoms with Crippen molar-refractivity contribution in [3.63, 3.8) is 0 Å². The number of aryl methyl sites for hydroxylation is 1. The van der Waals surface area contributed by atoms with Gasteiger partial charge in [0.15, 0.2) is 16.7 Å². The fourth-order valence-electron chi connectivity index (χ4n) is 2.83. The normalized spacial score (nSPS) is 11.9. The maximum absolute atomic E-state index is 13.3. The molecule has 0 saturated carbocycles. The van der Waals surface area contributed by atoms with E-state index in [1.54, 1.807) is 41.8 Å². The Morgan fingerprint density at radius 3 is 2.45 bits per heavy atom. The van der Waals surface area contributed by atoms with Crippen molar-refractivity contribution >= 4 is 11.8 Å². The Kier molecular flexibility index (Phi) is 6.32. The van der Waals surface area contributed by atoms with Crippen LogP contribution < -0.4 is 9.47 Å². The maximum atomic E-state index is 13.3. The number of hydrogen-bond donors (Lipinski definition) is 0. The Balaban J connectivity index is 1.98. The largest absolute Gasteiger partial charge is 0.493 e. The Morgan fingerprint density at radius 2 is 1.83 bits per heavy atom. The lowest BCUT2D eigenvalue weighted by Gasteiger charge is -2.16. The molecule has 1 heterocycles. The van der Waals surface area contributed by atoms with Crippen LogP contribution in [0.2, 0.25) is 0 Å². The van der Waals surface area contributed by atoms with Crippen LogP contribution in [0.1, 0.15) is 16.6 Å². The van der Waals surface area contributed by atoms with E-state index >= 15 is 0 Å². The number of thioether (sulfide) groups is 1. The number of benzene rings is 2. The molecule has 1 aromatic heterocycles. The van der Waals surface area contributed by atoms with Crippen LogP contribution in [0.5, 0.6) is 11.5 Å². The summed E-state index contributed by atoms with van der Waals surface area (Å²) in [4.78, 5) is 10.9. The molecule has 0 spiro atoms. The third-order valence-corrected chi connectivity index (χ3v) is 5.40. The summed E-state index contributed by atoms with van der Waals surface area (Å²) in [5.74, 6) is 1.25. The van der Waals surface area contributed by atoms with Gasteiger partial charge < -0.3 is 9.47 Å². The topological polar surface area (TPSA) is 92.3 Å². The second-order valence-corrected chi connectivity index (χ2v) is 7.25. The fraction of sp³-hybridized carbons (Fsp3) is 0.263. The molecule has 0 amide bonds. The highest BCUT2D eigenvalue weighted by molar-refractivity contribution is 7.99. The molecule has 0 aliphatic heterocycles. The molecule has 0 N–H and O–H groups in total.